The lowest BCUT2D eigenvalue weighted by atomic mass is 10.1. The minimum atomic E-state index is -1.33. The standard InChI is InChI=1S/C12H9N3O5/c1-2-7-3-10(16)14(6-7)11-9(15(19)20)4-8(5-13-11)12(17)18/h1,4-5,7H,3,6H2,(H,17,18). The number of hydrogen-bond donors (Lipinski definition) is 1. The predicted molar refractivity (Wildman–Crippen MR) is 67.1 cm³/mol. The zero-order valence-electron chi connectivity index (χ0n) is 10.1. The minimum absolute atomic E-state index is 0.0933. The van der Waals surface area contributed by atoms with Crippen molar-refractivity contribution in [3.05, 3.63) is 27.9 Å². The number of rotatable bonds is 3. The summed E-state index contributed by atoms with van der Waals surface area (Å²) >= 11 is 0. The fourth-order valence-electron chi connectivity index (χ4n) is 1.93. The Balaban J connectivity index is 2.47. The fourth-order valence-corrected chi connectivity index (χ4v) is 1.93. The van der Waals surface area contributed by atoms with Gasteiger partial charge in [0.15, 0.2) is 0 Å². The van der Waals surface area contributed by atoms with Crippen molar-refractivity contribution in [3.63, 3.8) is 0 Å². The maximum Gasteiger partial charge on any atom is 0.337 e. The Bertz CT molecular complexity index is 649. The smallest absolute Gasteiger partial charge is 0.337 e. The summed E-state index contributed by atoms with van der Waals surface area (Å²) in [4.78, 5) is 37.7. The van der Waals surface area contributed by atoms with Gasteiger partial charge < -0.3 is 5.11 Å². The number of terminal acetylenes is 1. The van der Waals surface area contributed by atoms with E-state index in [0.717, 1.165) is 17.2 Å². The first kappa shape index (κ1) is 13.5. The van der Waals surface area contributed by atoms with Crippen LogP contribution in [-0.2, 0) is 4.79 Å². The van der Waals surface area contributed by atoms with Gasteiger partial charge in [-0.15, -0.1) is 12.3 Å². The molecular formula is C12H9N3O5. The Labute approximate surface area is 113 Å². The van der Waals surface area contributed by atoms with Gasteiger partial charge in [-0.05, 0) is 0 Å². The topological polar surface area (TPSA) is 114 Å². The predicted octanol–water partition coefficient (Wildman–Crippen LogP) is 0.674. The number of nitrogens with zero attached hydrogens (tertiary/aromatic N) is 3. The van der Waals surface area contributed by atoms with E-state index in [0.29, 0.717) is 0 Å². The second-order valence-corrected chi connectivity index (χ2v) is 4.20. The highest BCUT2D eigenvalue weighted by molar-refractivity contribution is 5.98. The third-order valence-electron chi connectivity index (χ3n) is 2.91. The molecule has 1 amide bonds. The van der Waals surface area contributed by atoms with Crippen LogP contribution in [-0.4, -0.2) is 33.4 Å². The summed E-state index contributed by atoms with van der Waals surface area (Å²) in [6, 6.07) is 0.876. The number of aromatic carboxylic acids is 1. The lowest BCUT2D eigenvalue weighted by Crippen LogP contribution is -2.26. The van der Waals surface area contributed by atoms with E-state index in [4.69, 9.17) is 11.5 Å². The second kappa shape index (κ2) is 4.97. The Morgan fingerprint density at radius 1 is 1.65 bits per heavy atom. The molecule has 20 heavy (non-hydrogen) atoms. The van der Waals surface area contributed by atoms with Gasteiger partial charge in [-0.3, -0.25) is 19.8 Å². The van der Waals surface area contributed by atoms with Crippen LogP contribution in [0.25, 0.3) is 0 Å². The molecule has 2 heterocycles. The highest BCUT2D eigenvalue weighted by atomic mass is 16.6. The lowest BCUT2D eigenvalue weighted by molar-refractivity contribution is -0.384. The fraction of sp³-hybridized carbons (Fsp3) is 0.250. The highest BCUT2D eigenvalue weighted by Crippen LogP contribution is 2.31. The van der Waals surface area contributed by atoms with Crippen molar-refractivity contribution in [1.82, 2.24) is 4.98 Å². The van der Waals surface area contributed by atoms with Crippen molar-refractivity contribution in [3.8, 4) is 12.3 Å². The number of amides is 1. The molecule has 1 atom stereocenters. The van der Waals surface area contributed by atoms with E-state index in [2.05, 4.69) is 10.9 Å². The van der Waals surface area contributed by atoms with Crippen molar-refractivity contribution >= 4 is 23.4 Å². The van der Waals surface area contributed by atoms with E-state index in [1.807, 2.05) is 0 Å². The third kappa shape index (κ3) is 2.29. The number of nitro groups is 1. The highest BCUT2D eigenvalue weighted by Gasteiger charge is 2.35. The Morgan fingerprint density at radius 2 is 2.35 bits per heavy atom. The number of carboxylic acid groups (broad SMARTS) is 1. The maximum absolute atomic E-state index is 11.8. The molecule has 0 bridgehead atoms. The normalized spacial score (nSPS) is 17.9. The SMILES string of the molecule is C#CC1CC(=O)N(c2ncc(C(=O)O)cc2[N+](=O)[O-])C1. The second-order valence-electron chi connectivity index (χ2n) is 4.20. The summed E-state index contributed by atoms with van der Waals surface area (Å²) in [5.41, 5.74) is -0.850. The molecule has 1 unspecified atom stereocenters. The van der Waals surface area contributed by atoms with Gasteiger partial charge in [0, 0.05) is 31.1 Å². The quantitative estimate of drug-likeness (QED) is 0.492. The van der Waals surface area contributed by atoms with Crippen molar-refractivity contribution in [2.45, 2.75) is 6.42 Å². The molecule has 0 aliphatic carbocycles. The Morgan fingerprint density at radius 3 is 2.85 bits per heavy atom. The number of carbonyl (C=O) groups is 2. The van der Waals surface area contributed by atoms with Crippen molar-refractivity contribution in [1.29, 1.82) is 0 Å². The van der Waals surface area contributed by atoms with Gasteiger partial charge >= 0.3 is 11.7 Å². The van der Waals surface area contributed by atoms with Crippen LogP contribution in [0.1, 0.15) is 16.8 Å². The van der Waals surface area contributed by atoms with Crippen molar-refractivity contribution < 1.29 is 19.6 Å². The number of pyridine rings is 1. The molecular weight excluding hydrogens is 266 g/mol. The van der Waals surface area contributed by atoms with E-state index in [9.17, 15) is 19.7 Å². The third-order valence-corrected chi connectivity index (χ3v) is 2.91. The van der Waals surface area contributed by atoms with E-state index in [1.54, 1.807) is 0 Å². The summed E-state index contributed by atoms with van der Waals surface area (Å²) in [6.45, 7) is 0.135. The maximum atomic E-state index is 11.8. The van der Waals surface area contributed by atoms with Crippen LogP contribution in [0.5, 0.6) is 0 Å². The van der Waals surface area contributed by atoms with Gasteiger partial charge in [-0.1, -0.05) is 0 Å². The van der Waals surface area contributed by atoms with Crippen LogP contribution in [0, 0.1) is 28.4 Å². The molecule has 8 nitrogen and oxygen atoms in total. The largest absolute Gasteiger partial charge is 0.478 e. The van der Waals surface area contributed by atoms with Gasteiger partial charge in [0.1, 0.15) is 0 Å². The van der Waals surface area contributed by atoms with E-state index in [-0.39, 0.29) is 36.2 Å². The van der Waals surface area contributed by atoms with Gasteiger partial charge in [-0.2, -0.15) is 0 Å². The van der Waals surface area contributed by atoms with Crippen LogP contribution in [0.3, 0.4) is 0 Å². The first-order valence-electron chi connectivity index (χ1n) is 5.58. The minimum Gasteiger partial charge on any atom is -0.478 e. The molecule has 1 aromatic rings. The average molecular weight is 275 g/mol. The molecule has 2 rings (SSSR count). The van der Waals surface area contributed by atoms with E-state index >= 15 is 0 Å². The molecule has 8 heteroatoms. The number of hydrogen-bond acceptors (Lipinski definition) is 5. The number of carboxylic acids is 1. The molecule has 1 saturated heterocycles. The Kier molecular flexibility index (Phi) is 3.35. The summed E-state index contributed by atoms with van der Waals surface area (Å²) in [6.07, 6.45) is 6.30. The molecule has 0 radical (unpaired) electrons. The summed E-state index contributed by atoms with van der Waals surface area (Å²) in [7, 11) is 0. The van der Waals surface area contributed by atoms with Crippen LogP contribution < -0.4 is 4.90 Å². The number of anilines is 1. The van der Waals surface area contributed by atoms with Crippen molar-refractivity contribution in [2.75, 3.05) is 11.4 Å². The molecule has 0 aromatic carbocycles. The first-order valence-corrected chi connectivity index (χ1v) is 5.58. The zero-order chi connectivity index (χ0) is 14.9. The molecule has 1 aliphatic heterocycles. The molecule has 1 fully saturated rings. The van der Waals surface area contributed by atoms with Crippen molar-refractivity contribution in [2.24, 2.45) is 5.92 Å². The summed E-state index contributed by atoms with van der Waals surface area (Å²) in [5, 5.41) is 19.8. The molecule has 1 aliphatic rings. The van der Waals surface area contributed by atoms with Crippen LogP contribution in [0.4, 0.5) is 11.5 Å². The molecule has 0 spiro atoms. The molecule has 1 aromatic heterocycles. The monoisotopic (exact) mass is 275 g/mol. The van der Waals surface area contributed by atoms with E-state index in [1.165, 1.54) is 0 Å². The van der Waals surface area contributed by atoms with Crippen LogP contribution in [0.2, 0.25) is 0 Å². The molecule has 102 valence electrons. The van der Waals surface area contributed by atoms with Crippen LogP contribution in [0.15, 0.2) is 12.3 Å². The Hall–Kier alpha value is -2.95. The van der Waals surface area contributed by atoms with E-state index < -0.39 is 16.6 Å². The lowest BCUT2D eigenvalue weighted by Gasteiger charge is -2.14. The van der Waals surface area contributed by atoms with Crippen LogP contribution >= 0.6 is 0 Å². The molecule has 0 saturated carbocycles. The number of carbonyl (C=O) groups excluding carboxylic acids is 1. The van der Waals surface area contributed by atoms with Gasteiger partial charge in [-0.25, -0.2) is 9.78 Å². The van der Waals surface area contributed by atoms with Gasteiger partial charge in [0.2, 0.25) is 11.7 Å². The number of aromatic nitrogens is 1. The molecule has 1 N–H and O–H groups in total. The average Bonchev–Trinajstić information content (AvgIpc) is 2.79. The zero-order valence-corrected chi connectivity index (χ0v) is 10.1. The van der Waals surface area contributed by atoms with Gasteiger partial charge in [0.25, 0.3) is 0 Å². The first-order chi connectivity index (χ1) is 9.43. The summed E-state index contributed by atoms with van der Waals surface area (Å²) < 4.78 is 0. The summed E-state index contributed by atoms with van der Waals surface area (Å²) in [5.74, 6) is 0.209. The van der Waals surface area contributed by atoms with Gasteiger partial charge in [0.05, 0.1) is 10.5 Å².